The molecule has 0 amide bonds. The minimum absolute atomic E-state index is 0.0429. The van der Waals surface area contributed by atoms with E-state index in [9.17, 15) is 9.90 Å². The average molecular weight is 237 g/mol. The van der Waals surface area contributed by atoms with Gasteiger partial charge in [0.25, 0.3) is 0 Å². The predicted molar refractivity (Wildman–Crippen MR) is 65.9 cm³/mol. The molecular weight excluding hydrogens is 218 g/mol. The monoisotopic (exact) mass is 237 g/mol. The Labute approximate surface area is 102 Å². The summed E-state index contributed by atoms with van der Waals surface area (Å²) in [6.07, 6.45) is 0.824. The molecule has 0 spiro atoms. The first kappa shape index (κ1) is 13.7. The van der Waals surface area contributed by atoms with Gasteiger partial charge in [-0.2, -0.15) is 0 Å². The van der Waals surface area contributed by atoms with Crippen LogP contribution in [0.5, 0.6) is 0 Å². The van der Waals surface area contributed by atoms with Crippen LogP contribution in [-0.4, -0.2) is 30.8 Å². The fourth-order valence-corrected chi connectivity index (χ4v) is 1.68. The van der Waals surface area contributed by atoms with Crippen molar-refractivity contribution in [3.8, 4) is 0 Å². The van der Waals surface area contributed by atoms with E-state index in [0.29, 0.717) is 6.61 Å². The van der Waals surface area contributed by atoms with E-state index in [0.717, 1.165) is 12.0 Å². The Balaban J connectivity index is 2.77. The van der Waals surface area contributed by atoms with Crippen molar-refractivity contribution in [2.45, 2.75) is 25.4 Å². The highest BCUT2D eigenvalue weighted by Crippen LogP contribution is 2.14. The number of nitrogens with one attached hydrogen (secondary N) is 1. The molecule has 1 rings (SSSR count). The molecule has 2 unspecified atom stereocenters. The van der Waals surface area contributed by atoms with Crippen molar-refractivity contribution in [2.24, 2.45) is 0 Å². The molecule has 0 saturated carbocycles. The second-order valence-electron chi connectivity index (χ2n) is 3.91. The molecule has 0 heterocycles. The van der Waals surface area contributed by atoms with E-state index in [2.05, 4.69) is 5.32 Å². The van der Waals surface area contributed by atoms with Crippen LogP contribution in [0.4, 0.5) is 0 Å². The normalized spacial score (nSPS) is 14.2. The number of carboxylic acids is 1. The van der Waals surface area contributed by atoms with Gasteiger partial charge in [0.2, 0.25) is 0 Å². The standard InChI is InChI=1S/C13H19NO3/c1-3-11(9-17-2)14-12(13(15)16)10-7-5-4-6-8-10/h4-8,11-12,14H,3,9H2,1-2H3,(H,15,16). The van der Waals surface area contributed by atoms with Gasteiger partial charge in [0.05, 0.1) is 6.61 Å². The number of carbonyl (C=O) groups is 1. The zero-order valence-electron chi connectivity index (χ0n) is 10.2. The van der Waals surface area contributed by atoms with Crippen molar-refractivity contribution in [1.82, 2.24) is 5.32 Å². The number of hydrogen-bond donors (Lipinski definition) is 2. The Hall–Kier alpha value is -1.39. The molecule has 2 atom stereocenters. The molecule has 0 bridgehead atoms. The van der Waals surface area contributed by atoms with Gasteiger partial charge in [-0.25, -0.2) is 0 Å². The van der Waals surface area contributed by atoms with Gasteiger partial charge < -0.3 is 9.84 Å². The van der Waals surface area contributed by atoms with Crippen LogP contribution in [0.2, 0.25) is 0 Å². The Morgan fingerprint density at radius 2 is 2.06 bits per heavy atom. The zero-order valence-corrected chi connectivity index (χ0v) is 10.2. The van der Waals surface area contributed by atoms with Crippen LogP contribution in [-0.2, 0) is 9.53 Å². The van der Waals surface area contributed by atoms with Gasteiger partial charge in [-0.1, -0.05) is 37.3 Å². The van der Waals surface area contributed by atoms with Crippen LogP contribution < -0.4 is 5.32 Å². The predicted octanol–water partition coefficient (Wildman–Crippen LogP) is 1.83. The Morgan fingerprint density at radius 1 is 1.41 bits per heavy atom. The maximum absolute atomic E-state index is 11.3. The van der Waals surface area contributed by atoms with Gasteiger partial charge in [-0.3, -0.25) is 10.1 Å². The highest BCUT2D eigenvalue weighted by atomic mass is 16.5. The number of aliphatic carboxylic acids is 1. The molecule has 1 aromatic rings. The van der Waals surface area contributed by atoms with Gasteiger partial charge in [-0.15, -0.1) is 0 Å². The third-order valence-corrected chi connectivity index (χ3v) is 2.64. The van der Waals surface area contributed by atoms with Crippen LogP contribution in [0.15, 0.2) is 30.3 Å². The minimum Gasteiger partial charge on any atom is -0.480 e. The average Bonchev–Trinajstić information content (AvgIpc) is 2.35. The second kappa shape index (κ2) is 7.04. The van der Waals surface area contributed by atoms with Gasteiger partial charge in [0.1, 0.15) is 6.04 Å². The van der Waals surface area contributed by atoms with E-state index < -0.39 is 12.0 Å². The topological polar surface area (TPSA) is 58.6 Å². The number of ether oxygens (including phenoxy) is 1. The highest BCUT2D eigenvalue weighted by molar-refractivity contribution is 5.75. The molecule has 0 aliphatic carbocycles. The Kier molecular flexibility index (Phi) is 5.66. The van der Waals surface area contributed by atoms with Crippen molar-refractivity contribution in [3.05, 3.63) is 35.9 Å². The lowest BCUT2D eigenvalue weighted by Gasteiger charge is -2.22. The lowest BCUT2D eigenvalue weighted by atomic mass is 10.1. The van der Waals surface area contributed by atoms with Crippen LogP contribution in [0.3, 0.4) is 0 Å². The van der Waals surface area contributed by atoms with Crippen LogP contribution >= 0.6 is 0 Å². The van der Waals surface area contributed by atoms with Gasteiger partial charge in [-0.05, 0) is 12.0 Å². The SMILES string of the molecule is CCC(COC)NC(C(=O)O)c1ccccc1. The molecule has 4 nitrogen and oxygen atoms in total. The van der Waals surface area contributed by atoms with Gasteiger partial charge >= 0.3 is 5.97 Å². The molecule has 2 N–H and O–H groups in total. The largest absolute Gasteiger partial charge is 0.480 e. The molecule has 17 heavy (non-hydrogen) atoms. The summed E-state index contributed by atoms with van der Waals surface area (Å²) in [5.74, 6) is -0.870. The highest BCUT2D eigenvalue weighted by Gasteiger charge is 2.22. The van der Waals surface area contributed by atoms with E-state index in [1.807, 2.05) is 37.3 Å². The van der Waals surface area contributed by atoms with Crippen molar-refractivity contribution < 1.29 is 14.6 Å². The maximum atomic E-state index is 11.3. The van der Waals surface area contributed by atoms with E-state index in [1.165, 1.54) is 0 Å². The maximum Gasteiger partial charge on any atom is 0.325 e. The first-order valence-corrected chi connectivity index (χ1v) is 5.71. The summed E-state index contributed by atoms with van der Waals surface area (Å²) >= 11 is 0. The van der Waals surface area contributed by atoms with Crippen LogP contribution in [0.1, 0.15) is 24.9 Å². The third kappa shape index (κ3) is 4.17. The number of carboxylic acid groups (broad SMARTS) is 1. The first-order valence-electron chi connectivity index (χ1n) is 5.71. The lowest BCUT2D eigenvalue weighted by Crippen LogP contribution is -2.39. The van der Waals surface area contributed by atoms with Gasteiger partial charge in [0, 0.05) is 13.2 Å². The summed E-state index contributed by atoms with van der Waals surface area (Å²) in [6.45, 7) is 2.51. The van der Waals surface area contributed by atoms with Gasteiger partial charge in [0.15, 0.2) is 0 Å². The van der Waals surface area contributed by atoms with Crippen LogP contribution in [0.25, 0.3) is 0 Å². The van der Waals surface area contributed by atoms with E-state index in [4.69, 9.17) is 4.74 Å². The number of benzene rings is 1. The molecule has 4 heteroatoms. The summed E-state index contributed by atoms with van der Waals surface area (Å²) in [5, 5.41) is 12.3. The molecule has 0 aliphatic heterocycles. The first-order chi connectivity index (χ1) is 8.19. The smallest absolute Gasteiger partial charge is 0.325 e. The van der Waals surface area contributed by atoms with Crippen molar-refractivity contribution in [1.29, 1.82) is 0 Å². The number of methoxy groups -OCH3 is 1. The summed E-state index contributed by atoms with van der Waals surface area (Å²) in [6, 6.07) is 8.53. The Morgan fingerprint density at radius 3 is 2.53 bits per heavy atom. The third-order valence-electron chi connectivity index (χ3n) is 2.64. The van der Waals surface area contributed by atoms with E-state index in [1.54, 1.807) is 7.11 Å². The summed E-state index contributed by atoms with van der Waals surface area (Å²) in [7, 11) is 1.61. The molecule has 0 radical (unpaired) electrons. The Bertz CT molecular complexity index is 340. The quantitative estimate of drug-likeness (QED) is 0.759. The fraction of sp³-hybridized carbons (Fsp3) is 0.462. The second-order valence-corrected chi connectivity index (χ2v) is 3.91. The minimum atomic E-state index is -0.870. The zero-order chi connectivity index (χ0) is 12.7. The molecule has 94 valence electrons. The molecule has 0 fully saturated rings. The summed E-state index contributed by atoms with van der Waals surface area (Å²) < 4.78 is 5.06. The lowest BCUT2D eigenvalue weighted by molar-refractivity contribution is -0.140. The van der Waals surface area contributed by atoms with Crippen LogP contribution in [0, 0.1) is 0 Å². The molecule has 0 saturated heterocycles. The van der Waals surface area contributed by atoms with Crippen molar-refractivity contribution in [3.63, 3.8) is 0 Å². The van der Waals surface area contributed by atoms with E-state index in [-0.39, 0.29) is 6.04 Å². The van der Waals surface area contributed by atoms with E-state index >= 15 is 0 Å². The summed E-state index contributed by atoms with van der Waals surface area (Å²) in [5.41, 5.74) is 0.759. The summed E-state index contributed by atoms with van der Waals surface area (Å²) in [4.78, 5) is 11.3. The van der Waals surface area contributed by atoms with Crippen molar-refractivity contribution in [2.75, 3.05) is 13.7 Å². The molecule has 0 aromatic heterocycles. The number of hydrogen-bond acceptors (Lipinski definition) is 3. The molecule has 0 aliphatic rings. The molecule has 1 aromatic carbocycles. The number of rotatable bonds is 7. The fourth-order valence-electron chi connectivity index (χ4n) is 1.68. The van der Waals surface area contributed by atoms with Crippen molar-refractivity contribution >= 4 is 5.97 Å². The molecular formula is C13H19NO3.